The normalized spacial score (nSPS) is 23.5. The SMILES string of the molecule is C1N2CN3CN1CN(C2)C3.COC(=O)c1cccc(O)c1.COC(=O)c1cccc(O)c1C=O. The lowest BCUT2D eigenvalue weighted by atomic mass is 10.1. The van der Waals surface area contributed by atoms with Crippen LogP contribution in [0, 0.1) is 0 Å². The molecule has 182 valence electrons. The minimum Gasteiger partial charge on any atom is -0.508 e. The number of hydrogen-bond acceptors (Lipinski definition) is 11. The van der Waals surface area contributed by atoms with Crippen molar-refractivity contribution >= 4 is 18.2 Å². The molecule has 4 bridgehead atoms. The second-order valence-electron chi connectivity index (χ2n) is 7.92. The number of carbonyl (C=O) groups is 3. The van der Waals surface area contributed by atoms with Crippen LogP contribution in [0.4, 0.5) is 0 Å². The number of rotatable bonds is 3. The molecule has 0 aromatic heterocycles. The molecule has 4 fully saturated rings. The zero-order valence-corrected chi connectivity index (χ0v) is 19.1. The van der Waals surface area contributed by atoms with Gasteiger partial charge in [-0.15, -0.1) is 0 Å². The van der Waals surface area contributed by atoms with Crippen molar-refractivity contribution in [2.24, 2.45) is 0 Å². The molecule has 0 unspecified atom stereocenters. The lowest BCUT2D eigenvalue weighted by Gasteiger charge is -2.56. The third kappa shape index (κ3) is 6.29. The van der Waals surface area contributed by atoms with Crippen LogP contribution in [0.2, 0.25) is 0 Å². The van der Waals surface area contributed by atoms with Crippen molar-refractivity contribution in [2.45, 2.75) is 0 Å². The Kier molecular flexibility index (Phi) is 8.55. The van der Waals surface area contributed by atoms with Crippen LogP contribution in [0.25, 0.3) is 0 Å². The van der Waals surface area contributed by atoms with E-state index in [0.29, 0.717) is 11.8 Å². The Morgan fingerprint density at radius 1 is 0.794 bits per heavy atom. The highest BCUT2D eigenvalue weighted by Gasteiger charge is 2.36. The Morgan fingerprint density at radius 2 is 1.29 bits per heavy atom. The fourth-order valence-electron chi connectivity index (χ4n) is 3.95. The second-order valence-corrected chi connectivity index (χ2v) is 7.92. The van der Waals surface area contributed by atoms with Gasteiger partial charge >= 0.3 is 11.9 Å². The van der Waals surface area contributed by atoms with E-state index >= 15 is 0 Å². The summed E-state index contributed by atoms with van der Waals surface area (Å²) in [5, 5.41) is 18.1. The maximum Gasteiger partial charge on any atom is 0.338 e. The molecule has 2 aromatic carbocycles. The van der Waals surface area contributed by atoms with Gasteiger partial charge in [-0.25, -0.2) is 9.59 Å². The smallest absolute Gasteiger partial charge is 0.338 e. The molecule has 11 nitrogen and oxygen atoms in total. The third-order valence-electron chi connectivity index (χ3n) is 5.27. The van der Waals surface area contributed by atoms with Gasteiger partial charge in [-0.3, -0.25) is 24.4 Å². The Bertz CT molecular complexity index is 974. The number of phenolic OH excluding ortho intramolecular Hbond substituents is 2. The second kappa shape index (κ2) is 11.6. The minimum absolute atomic E-state index is 0.0469. The molecule has 4 saturated heterocycles. The fraction of sp³-hybridized carbons (Fsp3) is 0.348. The van der Waals surface area contributed by atoms with Crippen molar-refractivity contribution < 1.29 is 34.1 Å². The van der Waals surface area contributed by atoms with Crippen LogP contribution in [0.1, 0.15) is 31.1 Å². The highest BCUT2D eigenvalue weighted by Crippen LogP contribution is 2.20. The molecule has 4 aliphatic rings. The highest BCUT2D eigenvalue weighted by molar-refractivity contribution is 5.99. The van der Waals surface area contributed by atoms with Gasteiger partial charge in [0.05, 0.1) is 70.9 Å². The van der Waals surface area contributed by atoms with E-state index in [-0.39, 0.29) is 22.6 Å². The molecule has 0 atom stereocenters. The Balaban J connectivity index is 0.000000144. The zero-order valence-electron chi connectivity index (χ0n) is 19.1. The van der Waals surface area contributed by atoms with E-state index < -0.39 is 11.9 Å². The predicted molar refractivity (Wildman–Crippen MR) is 121 cm³/mol. The van der Waals surface area contributed by atoms with Crippen molar-refractivity contribution in [3.05, 3.63) is 59.2 Å². The summed E-state index contributed by atoms with van der Waals surface area (Å²) in [6, 6.07) is 10.2. The molecule has 34 heavy (non-hydrogen) atoms. The number of nitrogens with zero attached hydrogens (tertiary/aromatic N) is 4. The van der Waals surface area contributed by atoms with E-state index in [9.17, 15) is 19.5 Å². The summed E-state index contributed by atoms with van der Waals surface area (Å²) < 4.78 is 8.87. The highest BCUT2D eigenvalue weighted by atomic mass is 16.5. The van der Waals surface area contributed by atoms with E-state index in [1.54, 1.807) is 12.1 Å². The largest absolute Gasteiger partial charge is 0.508 e. The predicted octanol–water partition coefficient (Wildman–Crippen LogP) is 1.15. The first-order chi connectivity index (χ1) is 16.3. The molecule has 0 amide bonds. The van der Waals surface area contributed by atoms with Crippen molar-refractivity contribution in [2.75, 3.05) is 54.2 Å². The molecule has 2 aromatic rings. The number of hydrogen-bond donors (Lipinski definition) is 2. The van der Waals surface area contributed by atoms with E-state index in [1.807, 2.05) is 0 Å². The van der Waals surface area contributed by atoms with Gasteiger partial charge in [0, 0.05) is 0 Å². The summed E-state index contributed by atoms with van der Waals surface area (Å²) in [6.45, 7) is 7.12. The molecular weight excluding hydrogens is 444 g/mol. The van der Waals surface area contributed by atoms with Crippen LogP contribution < -0.4 is 0 Å². The van der Waals surface area contributed by atoms with Crippen LogP contribution in [-0.2, 0) is 9.47 Å². The molecular formula is C23H28N4O7. The van der Waals surface area contributed by atoms with Crippen molar-refractivity contribution in [1.29, 1.82) is 0 Å². The van der Waals surface area contributed by atoms with Gasteiger partial charge in [0.25, 0.3) is 0 Å². The molecule has 0 radical (unpaired) electrons. The van der Waals surface area contributed by atoms with Gasteiger partial charge in [0.15, 0.2) is 6.29 Å². The third-order valence-corrected chi connectivity index (χ3v) is 5.27. The minimum atomic E-state index is -0.641. The fourth-order valence-corrected chi connectivity index (χ4v) is 3.95. The number of aldehydes is 1. The number of phenols is 2. The first-order valence-electron chi connectivity index (χ1n) is 10.5. The Morgan fingerprint density at radius 3 is 1.74 bits per heavy atom. The first-order valence-corrected chi connectivity index (χ1v) is 10.5. The summed E-state index contributed by atoms with van der Waals surface area (Å²) in [5.41, 5.74) is 0.374. The molecule has 2 N–H and O–H groups in total. The summed E-state index contributed by atoms with van der Waals surface area (Å²) in [6.07, 6.45) is 0.418. The topological polar surface area (TPSA) is 123 Å². The van der Waals surface area contributed by atoms with Crippen molar-refractivity contribution in [1.82, 2.24) is 19.6 Å². The number of carbonyl (C=O) groups excluding carboxylic acids is 3. The first kappa shape index (κ1) is 25.1. The van der Waals surface area contributed by atoms with Crippen LogP contribution in [-0.4, -0.2) is 102 Å². The number of ether oxygens (including phenoxy) is 2. The van der Waals surface area contributed by atoms with Crippen LogP contribution >= 0.6 is 0 Å². The number of aromatic hydroxyl groups is 2. The van der Waals surface area contributed by atoms with E-state index in [2.05, 4.69) is 29.1 Å². The summed E-state index contributed by atoms with van der Waals surface area (Å²) in [5.74, 6) is -1.25. The van der Waals surface area contributed by atoms with E-state index in [4.69, 9.17) is 5.11 Å². The number of benzene rings is 2. The number of methoxy groups -OCH3 is 2. The maximum absolute atomic E-state index is 11.1. The summed E-state index contributed by atoms with van der Waals surface area (Å²) >= 11 is 0. The average molecular weight is 472 g/mol. The maximum atomic E-state index is 11.1. The molecule has 0 aliphatic carbocycles. The quantitative estimate of drug-likeness (QED) is 0.494. The lowest BCUT2D eigenvalue weighted by Crippen LogP contribution is -2.71. The Hall–Kier alpha value is -3.51. The van der Waals surface area contributed by atoms with Gasteiger partial charge in [-0.1, -0.05) is 12.1 Å². The molecule has 11 heteroatoms. The lowest BCUT2D eigenvalue weighted by molar-refractivity contribution is -0.194. The van der Waals surface area contributed by atoms with Gasteiger partial charge in [0.1, 0.15) is 11.5 Å². The van der Waals surface area contributed by atoms with E-state index in [0.717, 1.165) is 0 Å². The molecule has 4 aliphatic heterocycles. The van der Waals surface area contributed by atoms with Crippen molar-refractivity contribution in [3.63, 3.8) is 0 Å². The molecule has 0 spiro atoms. The van der Waals surface area contributed by atoms with Gasteiger partial charge in [-0.05, 0) is 30.3 Å². The zero-order chi connectivity index (χ0) is 24.7. The van der Waals surface area contributed by atoms with Gasteiger partial charge < -0.3 is 19.7 Å². The Labute approximate surface area is 197 Å². The molecule has 6 rings (SSSR count). The number of esters is 2. The summed E-state index contributed by atoms with van der Waals surface area (Å²) in [4.78, 5) is 42.3. The van der Waals surface area contributed by atoms with E-state index in [1.165, 1.54) is 84.6 Å². The monoisotopic (exact) mass is 472 g/mol. The van der Waals surface area contributed by atoms with Crippen LogP contribution in [0.5, 0.6) is 11.5 Å². The molecule has 4 heterocycles. The standard InChI is InChI=1S/C9H8O4.C8H8O3.C6H12N4/c1-13-9(12)6-3-2-4-8(11)7(6)5-10;1-11-8(10)6-3-2-4-7(9)5-6;1-7-2-9-4-8(1)5-10(3-7)6-9/h2-5,11H,1H3;2-5,9H,1H3;1-6H2. The summed E-state index contributed by atoms with van der Waals surface area (Å²) in [7, 11) is 2.51. The van der Waals surface area contributed by atoms with Crippen LogP contribution in [0.3, 0.4) is 0 Å². The van der Waals surface area contributed by atoms with Gasteiger partial charge in [0.2, 0.25) is 0 Å². The van der Waals surface area contributed by atoms with Crippen LogP contribution in [0.15, 0.2) is 42.5 Å². The van der Waals surface area contributed by atoms with Gasteiger partial charge in [-0.2, -0.15) is 0 Å². The van der Waals surface area contributed by atoms with Crippen molar-refractivity contribution in [3.8, 4) is 11.5 Å². The molecule has 0 saturated carbocycles. The average Bonchev–Trinajstić information content (AvgIpc) is 2.83.